The third kappa shape index (κ3) is 1.56. The van der Waals surface area contributed by atoms with Gasteiger partial charge in [-0.05, 0) is 0 Å². The van der Waals surface area contributed by atoms with Crippen LogP contribution in [0, 0.1) is 0 Å². The first-order valence-electron chi connectivity index (χ1n) is 5.90. The second-order valence-corrected chi connectivity index (χ2v) is 4.62. The molecule has 1 amide bonds. The molecule has 1 N–H and O–H groups in total. The van der Waals surface area contributed by atoms with Crippen molar-refractivity contribution in [1.29, 1.82) is 0 Å². The highest BCUT2D eigenvalue weighted by Gasteiger charge is 2.50. The maximum atomic E-state index is 11.9. The molecule has 4 heteroatoms. The quantitative estimate of drug-likeness (QED) is 0.782. The average Bonchev–Trinajstić information content (AvgIpc) is 2.70. The van der Waals surface area contributed by atoms with E-state index in [0.29, 0.717) is 26.0 Å². The van der Waals surface area contributed by atoms with Crippen LogP contribution in [0.1, 0.15) is 18.4 Å². The van der Waals surface area contributed by atoms with Gasteiger partial charge in [0, 0.05) is 18.4 Å². The van der Waals surface area contributed by atoms with Gasteiger partial charge in [0.1, 0.15) is 0 Å². The van der Waals surface area contributed by atoms with Gasteiger partial charge in [-0.3, -0.25) is 4.79 Å². The van der Waals surface area contributed by atoms with E-state index in [9.17, 15) is 9.90 Å². The predicted octanol–water partition coefficient (Wildman–Crippen LogP) is 0.853. The Bertz CT molecular complexity index is 434. The van der Waals surface area contributed by atoms with E-state index < -0.39 is 11.8 Å². The summed E-state index contributed by atoms with van der Waals surface area (Å²) in [5.41, 5.74) is 0.357. The van der Waals surface area contributed by atoms with Crippen LogP contribution in [0.15, 0.2) is 30.3 Å². The van der Waals surface area contributed by atoms with Gasteiger partial charge in [0.15, 0.2) is 5.72 Å². The van der Waals surface area contributed by atoms with Gasteiger partial charge in [-0.2, -0.15) is 0 Å². The van der Waals surface area contributed by atoms with Crippen LogP contribution >= 0.6 is 0 Å². The lowest BCUT2D eigenvalue weighted by molar-refractivity contribution is -0.208. The lowest BCUT2D eigenvalue weighted by Gasteiger charge is -2.44. The molecule has 0 aromatic heterocycles. The van der Waals surface area contributed by atoms with Crippen molar-refractivity contribution in [2.45, 2.75) is 24.7 Å². The molecule has 0 bridgehead atoms. The molecule has 2 aliphatic rings. The van der Waals surface area contributed by atoms with Gasteiger partial charge in [-0.15, -0.1) is 0 Å². The minimum atomic E-state index is -0.641. The van der Waals surface area contributed by atoms with E-state index in [-0.39, 0.29) is 5.91 Å². The Hall–Kier alpha value is -1.39. The van der Waals surface area contributed by atoms with Gasteiger partial charge in [0.05, 0.1) is 19.3 Å². The van der Waals surface area contributed by atoms with Gasteiger partial charge < -0.3 is 14.7 Å². The molecule has 1 aromatic rings. The SMILES string of the molecule is O=C1CC[C@]2(c3ccccc3)OC[C@@H](O)CN12. The molecule has 90 valence electrons. The summed E-state index contributed by atoms with van der Waals surface area (Å²) in [4.78, 5) is 13.5. The fourth-order valence-electron chi connectivity index (χ4n) is 2.73. The number of carbonyl (C=O) groups is 1. The zero-order chi connectivity index (χ0) is 11.9. The molecule has 0 spiro atoms. The van der Waals surface area contributed by atoms with Crippen LogP contribution in [0.25, 0.3) is 0 Å². The van der Waals surface area contributed by atoms with E-state index in [1.165, 1.54) is 0 Å². The molecule has 0 radical (unpaired) electrons. The van der Waals surface area contributed by atoms with Crippen molar-refractivity contribution < 1.29 is 14.6 Å². The van der Waals surface area contributed by atoms with Crippen molar-refractivity contribution in [3.63, 3.8) is 0 Å². The van der Waals surface area contributed by atoms with E-state index in [1.54, 1.807) is 4.90 Å². The molecular formula is C13H15NO3. The number of amides is 1. The number of aliphatic hydroxyl groups is 1. The first-order valence-corrected chi connectivity index (χ1v) is 5.90. The molecule has 1 aromatic carbocycles. The fraction of sp³-hybridized carbons (Fsp3) is 0.462. The maximum Gasteiger partial charge on any atom is 0.225 e. The van der Waals surface area contributed by atoms with E-state index in [2.05, 4.69) is 0 Å². The molecule has 0 aliphatic carbocycles. The number of carbonyl (C=O) groups excluding carboxylic acids is 1. The zero-order valence-corrected chi connectivity index (χ0v) is 9.50. The van der Waals surface area contributed by atoms with Crippen LogP contribution in [-0.2, 0) is 15.3 Å². The van der Waals surface area contributed by atoms with Gasteiger partial charge in [-0.1, -0.05) is 30.3 Å². The Kier molecular flexibility index (Phi) is 2.42. The van der Waals surface area contributed by atoms with Gasteiger partial charge >= 0.3 is 0 Å². The zero-order valence-electron chi connectivity index (χ0n) is 9.50. The summed E-state index contributed by atoms with van der Waals surface area (Å²) >= 11 is 0. The standard InChI is InChI=1S/C13H15NO3/c15-11-8-14-12(16)6-7-13(14,17-9-11)10-4-2-1-3-5-10/h1-5,11,15H,6-9H2/t11-,13+/m0/s1. The van der Waals surface area contributed by atoms with Gasteiger partial charge in [-0.25, -0.2) is 0 Å². The highest BCUT2D eigenvalue weighted by molar-refractivity contribution is 5.80. The van der Waals surface area contributed by atoms with Crippen molar-refractivity contribution in [2.75, 3.05) is 13.2 Å². The third-order valence-corrected chi connectivity index (χ3v) is 3.55. The second kappa shape index (κ2) is 3.82. The van der Waals surface area contributed by atoms with E-state index >= 15 is 0 Å². The summed E-state index contributed by atoms with van der Waals surface area (Å²) in [7, 11) is 0. The highest BCUT2D eigenvalue weighted by atomic mass is 16.5. The molecule has 2 saturated heterocycles. The summed E-state index contributed by atoms with van der Waals surface area (Å²) in [6.45, 7) is 0.659. The summed E-state index contributed by atoms with van der Waals surface area (Å²) < 4.78 is 5.81. The molecule has 0 unspecified atom stereocenters. The van der Waals surface area contributed by atoms with Crippen molar-refractivity contribution in [3.05, 3.63) is 35.9 Å². The molecule has 3 rings (SSSR count). The van der Waals surface area contributed by atoms with Crippen molar-refractivity contribution in [1.82, 2.24) is 4.90 Å². The van der Waals surface area contributed by atoms with Crippen molar-refractivity contribution >= 4 is 5.91 Å². The van der Waals surface area contributed by atoms with Crippen LogP contribution in [0.5, 0.6) is 0 Å². The lowest BCUT2D eigenvalue weighted by Crippen LogP contribution is -2.54. The molecule has 2 heterocycles. The Morgan fingerprint density at radius 3 is 2.88 bits per heavy atom. The minimum Gasteiger partial charge on any atom is -0.389 e. The monoisotopic (exact) mass is 233 g/mol. The number of benzene rings is 1. The second-order valence-electron chi connectivity index (χ2n) is 4.62. The molecule has 0 saturated carbocycles. The number of ether oxygens (including phenoxy) is 1. The summed E-state index contributed by atoms with van der Waals surface area (Å²) in [6.07, 6.45) is 0.582. The van der Waals surface area contributed by atoms with Crippen molar-refractivity contribution in [3.8, 4) is 0 Å². The van der Waals surface area contributed by atoms with Crippen LogP contribution in [-0.4, -0.2) is 35.2 Å². The van der Waals surface area contributed by atoms with Gasteiger partial charge in [0.25, 0.3) is 0 Å². The smallest absolute Gasteiger partial charge is 0.225 e. The summed E-state index contributed by atoms with van der Waals surface area (Å²) in [5, 5.41) is 9.62. The fourth-order valence-corrected chi connectivity index (χ4v) is 2.73. The topological polar surface area (TPSA) is 49.8 Å². The largest absolute Gasteiger partial charge is 0.389 e. The van der Waals surface area contributed by atoms with Crippen LogP contribution in [0.2, 0.25) is 0 Å². The highest BCUT2D eigenvalue weighted by Crippen LogP contribution is 2.42. The molecule has 2 aliphatic heterocycles. The van der Waals surface area contributed by atoms with E-state index in [0.717, 1.165) is 5.56 Å². The van der Waals surface area contributed by atoms with Crippen molar-refractivity contribution in [2.24, 2.45) is 0 Å². The van der Waals surface area contributed by atoms with E-state index in [1.807, 2.05) is 30.3 Å². The van der Waals surface area contributed by atoms with E-state index in [4.69, 9.17) is 4.74 Å². The number of rotatable bonds is 1. The normalized spacial score (nSPS) is 32.6. The number of aliphatic hydroxyl groups excluding tert-OH is 1. The molecule has 2 fully saturated rings. The first kappa shape index (κ1) is 10.7. The van der Waals surface area contributed by atoms with Crippen LogP contribution in [0.3, 0.4) is 0 Å². The Labute approximate surface area is 99.8 Å². The third-order valence-electron chi connectivity index (χ3n) is 3.55. The lowest BCUT2D eigenvalue weighted by atomic mass is 9.98. The van der Waals surface area contributed by atoms with Crippen LogP contribution in [0.4, 0.5) is 0 Å². The number of nitrogens with zero attached hydrogens (tertiary/aromatic N) is 1. The molecule has 4 nitrogen and oxygen atoms in total. The Balaban J connectivity index is 2.02. The summed E-state index contributed by atoms with van der Waals surface area (Å²) in [6, 6.07) is 9.78. The molecule has 17 heavy (non-hydrogen) atoms. The number of fused-ring (bicyclic) bond motifs is 1. The van der Waals surface area contributed by atoms with Gasteiger partial charge in [0.2, 0.25) is 5.91 Å². The Morgan fingerprint density at radius 1 is 1.35 bits per heavy atom. The minimum absolute atomic E-state index is 0.0626. The maximum absolute atomic E-state index is 11.9. The molecular weight excluding hydrogens is 218 g/mol. The van der Waals surface area contributed by atoms with Crippen LogP contribution < -0.4 is 0 Å². The average molecular weight is 233 g/mol. The number of hydrogen-bond donors (Lipinski definition) is 1. The molecule has 2 atom stereocenters. The summed E-state index contributed by atoms with van der Waals surface area (Å²) in [5.74, 6) is 0.0626. The predicted molar refractivity (Wildman–Crippen MR) is 61.0 cm³/mol. The Morgan fingerprint density at radius 2 is 2.12 bits per heavy atom. The number of hydrogen-bond acceptors (Lipinski definition) is 3. The first-order chi connectivity index (χ1) is 8.22.